The molecule has 0 radical (unpaired) electrons. The SMILES string of the molecule is O=C(O[C@H]1[C@@H](OCc2ccccc2)[C@H](COCc2ccccc2)S[C@H]1n1cnc2c(Cl)ncnc21)c1ccccc1. The van der Waals surface area contributed by atoms with Gasteiger partial charge in [-0.1, -0.05) is 90.5 Å². The largest absolute Gasteiger partial charge is 0.453 e. The molecule has 3 aromatic carbocycles. The molecule has 0 amide bonds. The van der Waals surface area contributed by atoms with Gasteiger partial charge in [-0.05, 0) is 23.3 Å². The Bertz CT molecular complexity index is 1590. The summed E-state index contributed by atoms with van der Waals surface area (Å²) in [5.41, 5.74) is 3.59. The highest BCUT2D eigenvalue weighted by Crippen LogP contribution is 2.46. The molecule has 208 valence electrons. The normalized spacial score (nSPS) is 20.3. The van der Waals surface area contributed by atoms with Crippen LogP contribution in [0, 0.1) is 0 Å². The summed E-state index contributed by atoms with van der Waals surface area (Å²) in [7, 11) is 0. The molecule has 8 nitrogen and oxygen atoms in total. The Balaban J connectivity index is 1.32. The fourth-order valence-electron chi connectivity index (χ4n) is 4.80. The smallest absolute Gasteiger partial charge is 0.338 e. The fraction of sp³-hybridized carbons (Fsp3) is 0.226. The molecule has 2 aromatic heterocycles. The molecule has 0 aliphatic carbocycles. The lowest BCUT2D eigenvalue weighted by atomic mass is 10.1. The second-order valence-corrected chi connectivity index (χ2v) is 11.3. The van der Waals surface area contributed by atoms with Gasteiger partial charge in [0.2, 0.25) is 0 Å². The molecule has 0 N–H and O–H groups in total. The van der Waals surface area contributed by atoms with Crippen molar-refractivity contribution in [3.63, 3.8) is 0 Å². The van der Waals surface area contributed by atoms with E-state index >= 15 is 0 Å². The van der Waals surface area contributed by atoms with Crippen molar-refractivity contribution in [3.05, 3.63) is 125 Å². The maximum absolute atomic E-state index is 13.4. The zero-order chi connectivity index (χ0) is 28.0. The second kappa shape index (κ2) is 12.8. The van der Waals surface area contributed by atoms with Crippen LogP contribution in [0.3, 0.4) is 0 Å². The van der Waals surface area contributed by atoms with E-state index in [0.717, 1.165) is 11.1 Å². The Morgan fingerprint density at radius 2 is 1.49 bits per heavy atom. The van der Waals surface area contributed by atoms with Crippen molar-refractivity contribution in [2.24, 2.45) is 0 Å². The topological polar surface area (TPSA) is 88.4 Å². The molecular weight excluding hydrogens is 560 g/mol. The van der Waals surface area contributed by atoms with Crippen LogP contribution >= 0.6 is 23.4 Å². The van der Waals surface area contributed by atoms with E-state index in [2.05, 4.69) is 15.0 Å². The predicted molar refractivity (Wildman–Crippen MR) is 158 cm³/mol. The number of carbonyl (C=O) groups excluding carboxylic acids is 1. The van der Waals surface area contributed by atoms with Crippen LogP contribution in [0.25, 0.3) is 11.2 Å². The molecule has 0 unspecified atom stereocenters. The standard InChI is InChI=1S/C31H27ClN4O4S/c32-28-25-29(34-19-33-28)36(20-35-25)30-27(40-31(37)23-14-8-3-9-15-23)26(39-17-22-12-6-2-7-13-22)24(41-30)18-38-16-21-10-4-1-5-11-21/h1-15,19-20,24,26-27,30H,16-18H2/t24-,26-,27-,30+/m0/s1. The first-order valence-corrected chi connectivity index (χ1v) is 14.5. The lowest BCUT2D eigenvalue weighted by molar-refractivity contribution is -0.0664. The van der Waals surface area contributed by atoms with Gasteiger partial charge in [-0.2, -0.15) is 0 Å². The minimum absolute atomic E-state index is 0.157. The molecule has 1 saturated heterocycles. The van der Waals surface area contributed by atoms with Crippen molar-refractivity contribution in [2.75, 3.05) is 6.61 Å². The van der Waals surface area contributed by atoms with Crippen molar-refractivity contribution in [1.29, 1.82) is 0 Å². The minimum Gasteiger partial charge on any atom is -0.453 e. The Morgan fingerprint density at radius 3 is 2.20 bits per heavy atom. The van der Waals surface area contributed by atoms with Crippen LogP contribution in [-0.4, -0.2) is 49.6 Å². The maximum atomic E-state index is 13.4. The van der Waals surface area contributed by atoms with Crippen LogP contribution in [0.15, 0.2) is 104 Å². The number of hydrogen-bond donors (Lipinski definition) is 0. The van der Waals surface area contributed by atoms with Crippen LogP contribution in [0.4, 0.5) is 0 Å². The quantitative estimate of drug-likeness (QED) is 0.143. The number of ether oxygens (including phenoxy) is 3. The average molecular weight is 587 g/mol. The number of imidazole rings is 1. The van der Waals surface area contributed by atoms with E-state index in [1.165, 1.54) is 6.33 Å². The van der Waals surface area contributed by atoms with Crippen molar-refractivity contribution < 1.29 is 19.0 Å². The minimum atomic E-state index is -0.673. The van der Waals surface area contributed by atoms with Gasteiger partial charge in [0.05, 0.1) is 37.0 Å². The van der Waals surface area contributed by atoms with Gasteiger partial charge in [0.1, 0.15) is 23.3 Å². The van der Waals surface area contributed by atoms with E-state index in [0.29, 0.717) is 36.5 Å². The number of nitrogens with zero attached hydrogens (tertiary/aromatic N) is 4. The van der Waals surface area contributed by atoms with E-state index < -0.39 is 23.6 Å². The third-order valence-electron chi connectivity index (χ3n) is 6.81. The Kier molecular flexibility index (Phi) is 8.57. The molecule has 4 atom stereocenters. The van der Waals surface area contributed by atoms with Crippen LogP contribution in [0.1, 0.15) is 26.9 Å². The zero-order valence-corrected chi connectivity index (χ0v) is 23.5. The molecular formula is C31H27ClN4O4S. The van der Waals surface area contributed by atoms with Crippen LogP contribution in [-0.2, 0) is 27.4 Å². The number of rotatable bonds is 10. The summed E-state index contributed by atoms with van der Waals surface area (Å²) < 4.78 is 20.9. The number of carbonyl (C=O) groups is 1. The molecule has 6 rings (SSSR count). The van der Waals surface area contributed by atoms with Gasteiger partial charge in [-0.25, -0.2) is 19.7 Å². The number of hydrogen-bond acceptors (Lipinski definition) is 8. The van der Waals surface area contributed by atoms with Crippen LogP contribution in [0.5, 0.6) is 0 Å². The van der Waals surface area contributed by atoms with Gasteiger partial charge >= 0.3 is 5.97 Å². The number of esters is 1. The Labute approximate surface area is 246 Å². The predicted octanol–water partition coefficient (Wildman–Crippen LogP) is 6.12. The van der Waals surface area contributed by atoms with Crippen LogP contribution < -0.4 is 0 Å². The van der Waals surface area contributed by atoms with Crippen molar-refractivity contribution in [1.82, 2.24) is 19.5 Å². The summed E-state index contributed by atoms with van der Waals surface area (Å²) in [6.45, 7) is 1.20. The van der Waals surface area contributed by atoms with E-state index in [9.17, 15) is 4.79 Å². The van der Waals surface area contributed by atoms with Gasteiger partial charge < -0.3 is 14.2 Å². The summed E-state index contributed by atoms with van der Waals surface area (Å²) in [5, 5.41) is -0.297. The Morgan fingerprint density at radius 1 is 0.829 bits per heavy atom. The van der Waals surface area contributed by atoms with Gasteiger partial charge in [0, 0.05) is 0 Å². The van der Waals surface area contributed by atoms with Crippen molar-refractivity contribution in [2.45, 2.75) is 36.0 Å². The number of fused-ring (bicyclic) bond motifs is 1. The lowest BCUT2D eigenvalue weighted by Gasteiger charge is -2.26. The zero-order valence-electron chi connectivity index (χ0n) is 22.0. The first-order valence-electron chi connectivity index (χ1n) is 13.2. The molecule has 3 heterocycles. The average Bonchev–Trinajstić information content (AvgIpc) is 3.59. The molecule has 1 aliphatic rings. The van der Waals surface area contributed by atoms with Gasteiger partial charge in [0.15, 0.2) is 16.9 Å². The summed E-state index contributed by atoms with van der Waals surface area (Å²) >= 11 is 7.92. The third kappa shape index (κ3) is 6.28. The summed E-state index contributed by atoms with van der Waals surface area (Å²) in [5.74, 6) is -0.433. The first-order chi connectivity index (χ1) is 20.2. The summed E-state index contributed by atoms with van der Waals surface area (Å²) in [6.07, 6.45) is 1.90. The maximum Gasteiger partial charge on any atom is 0.338 e. The molecule has 5 aromatic rings. The number of benzene rings is 3. The summed E-state index contributed by atoms with van der Waals surface area (Å²) in [4.78, 5) is 26.3. The van der Waals surface area contributed by atoms with Crippen molar-refractivity contribution >= 4 is 40.5 Å². The molecule has 10 heteroatoms. The fourth-order valence-corrected chi connectivity index (χ4v) is 6.55. The van der Waals surface area contributed by atoms with Gasteiger partial charge in [-0.3, -0.25) is 4.57 Å². The summed E-state index contributed by atoms with van der Waals surface area (Å²) in [6, 6.07) is 28.9. The van der Waals surface area contributed by atoms with E-state index in [1.54, 1.807) is 30.2 Å². The van der Waals surface area contributed by atoms with E-state index in [1.807, 2.05) is 83.4 Å². The molecule has 1 aliphatic heterocycles. The number of aromatic nitrogens is 4. The number of thioether (sulfide) groups is 1. The highest BCUT2D eigenvalue weighted by molar-refractivity contribution is 8.00. The number of halogens is 1. The lowest BCUT2D eigenvalue weighted by Crippen LogP contribution is -2.39. The van der Waals surface area contributed by atoms with Crippen molar-refractivity contribution in [3.8, 4) is 0 Å². The molecule has 41 heavy (non-hydrogen) atoms. The molecule has 1 fully saturated rings. The highest BCUT2D eigenvalue weighted by Gasteiger charge is 2.49. The monoisotopic (exact) mass is 586 g/mol. The third-order valence-corrected chi connectivity index (χ3v) is 8.61. The Hall–Kier alpha value is -3.76. The van der Waals surface area contributed by atoms with Crippen LogP contribution in [0.2, 0.25) is 5.15 Å². The van der Waals surface area contributed by atoms with Gasteiger partial charge in [0.25, 0.3) is 0 Å². The molecule has 0 saturated carbocycles. The molecule has 0 bridgehead atoms. The highest BCUT2D eigenvalue weighted by atomic mass is 35.5. The second-order valence-electron chi connectivity index (χ2n) is 9.55. The first kappa shape index (κ1) is 27.4. The van der Waals surface area contributed by atoms with E-state index in [-0.39, 0.29) is 10.4 Å². The van der Waals surface area contributed by atoms with Gasteiger partial charge in [-0.15, -0.1) is 11.8 Å². The van der Waals surface area contributed by atoms with E-state index in [4.69, 9.17) is 25.8 Å². The molecule has 0 spiro atoms.